The SMILES string of the molecule is CONC1(C(=O)O)CC1. The third kappa shape index (κ3) is 1.04. The van der Waals surface area contributed by atoms with Gasteiger partial charge in [0.15, 0.2) is 0 Å². The molecule has 4 nitrogen and oxygen atoms in total. The first-order valence-electron chi connectivity index (χ1n) is 2.75. The molecule has 1 rings (SSSR count). The Morgan fingerprint density at radius 3 is 2.44 bits per heavy atom. The quantitative estimate of drug-likeness (QED) is 0.519. The van der Waals surface area contributed by atoms with Crippen molar-refractivity contribution in [1.82, 2.24) is 5.48 Å². The van der Waals surface area contributed by atoms with Gasteiger partial charge in [0.05, 0.1) is 7.11 Å². The van der Waals surface area contributed by atoms with Gasteiger partial charge in [-0.2, -0.15) is 5.48 Å². The fourth-order valence-electron chi connectivity index (χ4n) is 0.680. The molecule has 1 aliphatic carbocycles. The number of hydrogen-bond donors (Lipinski definition) is 2. The molecule has 0 aromatic rings. The zero-order valence-corrected chi connectivity index (χ0v) is 5.18. The monoisotopic (exact) mass is 131 g/mol. The van der Waals surface area contributed by atoms with Crippen molar-refractivity contribution in [2.45, 2.75) is 18.4 Å². The van der Waals surface area contributed by atoms with E-state index in [0.29, 0.717) is 12.8 Å². The summed E-state index contributed by atoms with van der Waals surface area (Å²) < 4.78 is 0. The highest BCUT2D eigenvalue weighted by Gasteiger charge is 2.50. The van der Waals surface area contributed by atoms with E-state index in [4.69, 9.17) is 5.11 Å². The zero-order valence-electron chi connectivity index (χ0n) is 5.18. The number of nitrogens with one attached hydrogen (secondary N) is 1. The lowest BCUT2D eigenvalue weighted by Crippen LogP contribution is -2.38. The van der Waals surface area contributed by atoms with Gasteiger partial charge in [0.2, 0.25) is 0 Å². The summed E-state index contributed by atoms with van der Waals surface area (Å²) in [6, 6.07) is 0. The molecule has 0 radical (unpaired) electrons. The van der Waals surface area contributed by atoms with E-state index in [1.807, 2.05) is 0 Å². The summed E-state index contributed by atoms with van der Waals surface area (Å²) >= 11 is 0. The molecule has 2 N–H and O–H groups in total. The molecule has 0 spiro atoms. The highest BCUT2D eigenvalue weighted by atomic mass is 16.6. The van der Waals surface area contributed by atoms with Gasteiger partial charge in [-0.25, -0.2) is 0 Å². The highest BCUT2D eigenvalue weighted by molar-refractivity contribution is 5.81. The number of rotatable bonds is 3. The summed E-state index contributed by atoms with van der Waals surface area (Å²) in [5.41, 5.74) is 1.68. The van der Waals surface area contributed by atoms with Crippen molar-refractivity contribution >= 4 is 5.97 Å². The van der Waals surface area contributed by atoms with E-state index < -0.39 is 11.5 Å². The van der Waals surface area contributed by atoms with Crippen molar-refractivity contribution in [3.63, 3.8) is 0 Å². The van der Waals surface area contributed by atoms with Crippen LogP contribution in [0, 0.1) is 0 Å². The molecule has 1 fully saturated rings. The van der Waals surface area contributed by atoms with Crippen molar-refractivity contribution in [1.29, 1.82) is 0 Å². The molecular weight excluding hydrogens is 122 g/mol. The van der Waals surface area contributed by atoms with Gasteiger partial charge in [0.1, 0.15) is 5.54 Å². The van der Waals surface area contributed by atoms with E-state index in [1.54, 1.807) is 0 Å². The van der Waals surface area contributed by atoms with Gasteiger partial charge in [-0.15, -0.1) is 0 Å². The van der Waals surface area contributed by atoms with Gasteiger partial charge in [-0.05, 0) is 12.8 Å². The second kappa shape index (κ2) is 1.97. The van der Waals surface area contributed by atoms with Gasteiger partial charge in [0, 0.05) is 0 Å². The number of hydrogen-bond acceptors (Lipinski definition) is 3. The lowest BCUT2D eigenvalue weighted by molar-refractivity contribution is -0.145. The van der Waals surface area contributed by atoms with Crippen LogP contribution in [0.5, 0.6) is 0 Å². The first kappa shape index (κ1) is 6.51. The molecule has 9 heavy (non-hydrogen) atoms. The minimum atomic E-state index is -0.829. The topological polar surface area (TPSA) is 58.6 Å². The predicted molar refractivity (Wildman–Crippen MR) is 29.7 cm³/mol. The summed E-state index contributed by atoms with van der Waals surface area (Å²) in [4.78, 5) is 14.8. The second-order valence-electron chi connectivity index (χ2n) is 2.19. The van der Waals surface area contributed by atoms with Crippen LogP contribution in [0.1, 0.15) is 12.8 Å². The standard InChI is InChI=1S/C5H9NO3/c1-9-6-5(2-3-5)4(7)8/h6H,2-3H2,1H3,(H,7,8). The maximum Gasteiger partial charge on any atom is 0.326 e. The van der Waals surface area contributed by atoms with Crippen molar-refractivity contribution in [3.05, 3.63) is 0 Å². The van der Waals surface area contributed by atoms with E-state index in [2.05, 4.69) is 10.3 Å². The highest BCUT2D eigenvalue weighted by Crippen LogP contribution is 2.35. The summed E-state index contributed by atoms with van der Waals surface area (Å²) in [7, 11) is 1.42. The van der Waals surface area contributed by atoms with Crippen molar-refractivity contribution < 1.29 is 14.7 Å². The minimum Gasteiger partial charge on any atom is -0.480 e. The number of hydroxylamine groups is 1. The summed E-state index contributed by atoms with van der Waals surface area (Å²) in [5.74, 6) is -0.829. The molecule has 0 unspecified atom stereocenters. The third-order valence-electron chi connectivity index (χ3n) is 1.46. The number of carboxylic acids is 1. The molecule has 0 amide bonds. The van der Waals surface area contributed by atoms with Crippen LogP contribution in [0.25, 0.3) is 0 Å². The van der Waals surface area contributed by atoms with E-state index in [-0.39, 0.29) is 0 Å². The van der Waals surface area contributed by atoms with Crippen LogP contribution in [0.2, 0.25) is 0 Å². The average molecular weight is 131 g/mol. The number of carbonyl (C=O) groups is 1. The smallest absolute Gasteiger partial charge is 0.326 e. The van der Waals surface area contributed by atoms with Gasteiger partial charge in [0.25, 0.3) is 0 Å². The predicted octanol–water partition coefficient (Wildman–Crippen LogP) is -0.245. The number of aliphatic carboxylic acids is 1. The Labute approximate surface area is 52.8 Å². The minimum absolute atomic E-state index is 0.663. The van der Waals surface area contributed by atoms with Gasteiger partial charge in [-0.3, -0.25) is 4.79 Å². The maximum absolute atomic E-state index is 10.3. The van der Waals surface area contributed by atoms with Crippen LogP contribution in [0.3, 0.4) is 0 Å². The average Bonchev–Trinajstić information content (AvgIpc) is 2.49. The maximum atomic E-state index is 10.3. The molecule has 4 heteroatoms. The number of carboxylic acid groups (broad SMARTS) is 1. The Kier molecular flexibility index (Phi) is 1.42. The summed E-state index contributed by atoms with van der Waals surface area (Å²) in [6.45, 7) is 0. The molecule has 0 atom stereocenters. The Morgan fingerprint density at radius 2 is 2.33 bits per heavy atom. The van der Waals surface area contributed by atoms with Crippen LogP contribution >= 0.6 is 0 Å². The van der Waals surface area contributed by atoms with Crippen molar-refractivity contribution in [2.75, 3.05) is 7.11 Å². The van der Waals surface area contributed by atoms with Crippen LogP contribution in [-0.4, -0.2) is 23.7 Å². The molecule has 0 aliphatic heterocycles. The fourth-order valence-corrected chi connectivity index (χ4v) is 0.680. The van der Waals surface area contributed by atoms with Crippen molar-refractivity contribution in [3.8, 4) is 0 Å². The molecular formula is C5H9NO3. The van der Waals surface area contributed by atoms with E-state index in [9.17, 15) is 4.79 Å². The lowest BCUT2D eigenvalue weighted by atomic mass is 10.3. The Bertz CT molecular complexity index is 130. The third-order valence-corrected chi connectivity index (χ3v) is 1.46. The Hall–Kier alpha value is -0.610. The molecule has 0 saturated heterocycles. The molecule has 1 saturated carbocycles. The molecule has 0 aromatic carbocycles. The molecule has 52 valence electrons. The molecule has 0 heterocycles. The molecule has 0 bridgehead atoms. The largest absolute Gasteiger partial charge is 0.480 e. The van der Waals surface area contributed by atoms with Crippen LogP contribution < -0.4 is 5.48 Å². The van der Waals surface area contributed by atoms with E-state index in [1.165, 1.54) is 7.11 Å². The van der Waals surface area contributed by atoms with Crippen LogP contribution in [-0.2, 0) is 9.63 Å². The Morgan fingerprint density at radius 1 is 1.78 bits per heavy atom. The second-order valence-corrected chi connectivity index (χ2v) is 2.19. The molecule has 0 aromatic heterocycles. The first-order valence-corrected chi connectivity index (χ1v) is 2.75. The molecule has 1 aliphatic rings. The lowest BCUT2D eigenvalue weighted by Gasteiger charge is -2.07. The summed E-state index contributed by atoms with van der Waals surface area (Å²) in [6.07, 6.45) is 1.33. The Balaban J connectivity index is 2.43. The normalized spacial score (nSPS) is 21.4. The van der Waals surface area contributed by atoms with E-state index in [0.717, 1.165) is 0 Å². The van der Waals surface area contributed by atoms with Crippen molar-refractivity contribution in [2.24, 2.45) is 0 Å². The summed E-state index contributed by atoms with van der Waals surface area (Å²) in [5, 5.41) is 8.49. The fraction of sp³-hybridized carbons (Fsp3) is 0.800. The van der Waals surface area contributed by atoms with Crippen LogP contribution in [0.15, 0.2) is 0 Å². The zero-order chi connectivity index (χ0) is 6.91. The van der Waals surface area contributed by atoms with Gasteiger partial charge < -0.3 is 9.94 Å². The van der Waals surface area contributed by atoms with Gasteiger partial charge >= 0.3 is 5.97 Å². The van der Waals surface area contributed by atoms with E-state index >= 15 is 0 Å². The first-order chi connectivity index (χ1) is 4.21. The van der Waals surface area contributed by atoms with Crippen LogP contribution in [0.4, 0.5) is 0 Å². The van der Waals surface area contributed by atoms with Gasteiger partial charge in [-0.1, -0.05) is 0 Å².